The molecule has 0 amide bonds. The van der Waals surface area contributed by atoms with Crippen molar-refractivity contribution in [1.29, 1.82) is 0 Å². The largest absolute Gasteiger partial charge is 0.344 e. The van der Waals surface area contributed by atoms with Crippen LogP contribution in [0.15, 0.2) is 0 Å². The van der Waals surface area contributed by atoms with Gasteiger partial charge in [0.15, 0.2) is 0 Å². The topological polar surface area (TPSA) is 12.0 Å². The second-order valence-electron chi connectivity index (χ2n) is 2.12. The summed E-state index contributed by atoms with van der Waals surface area (Å²) < 4.78 is 0. The van der Waals surface area contributed by atoms with Gasteiger partial charge in [0.2, 0.25) is 0 Å². The zero-order valence-corrected chi connectivity index (χ0v) is 8.12. The Morgan fingerprint density at radius 2 is 2.38 bits per heavy atom. The van der Waals surface area contributed by atoms with Crippen molar-refractivity contribution in [2.45, 2.75) is 25.8 Å². The van der Waals surface area contributed by atoms with E-state index in [0.717, 1.165) is 0 Å². The molecule has 1 saturated heterocycles. The average Bonchev–Trinajstić information content (AvgIpc) is 1.69. The maximum atomic E-state index is 3.33. The first-order chi connectivity index (χ1) is 3.39. The zero-order chi connectivity index (χ0) is 5.11. The molecule has 1 heterocycles. The summed E-state index contributed by atoms with van der Waals surface area (Å²) in [7, 11) is 0. The van der Waals surface area contributed by atoms with Gasteiger partial charge in [-0.3, -0.25) is 0 Å². The molecule has 0 aromatic rings. The van der Waals surface area contributed by atoms with Gasteiger partial charge >= 0.3 is 0 Å². The molecule has 0 aromatic heterocycles. The van der Waals surface area contributed by atoms with Crippen LogP contribution in [0, 0.1) is 6.42 Å². The summed E-state index contributed by atoms with van der Waals surface area (Å²) in [6.45, 7) is 3.40. The Labute approximate surface area is 65.5 Å². The van der Waals surface area contributed by atoms with E-state index < -0.39 is 0 Å². The first kappa shape index (κ1) is 8.65. The van der Waals surface area contributed by atoms with Crippen molar-refractivity contribution in [1.82, 2.24) is 5.32 Å². The minimum Gasteiger partial charge on any atom is -0.344 e. The number of hydrogen-bond acceptors (Lipinski definition) is 1. The van der Waals surface area contributed by atoms with E-state index in [9.17, 15) is 0 Å². The first-order valence-electron chi connectivity index (χ1n) is 2.96. The van der Waals surface area contributed by atoms with Crippen LogP contribution in [0.25, 0.3) is 0 Å². The Hall–Kier alpha value is 0.648. The van der Waals surface area contributed by atoms with Crippen LogP contribution in [0.1, 0.15) is 19.8 Å². The smallest absolute Gasteiger partial charge is 0 e. The van der Waals surface area contributed by atoms with E-state index >= 15 is 0 Å². The molecule has 48 valence electrons. The van der Waals surface area contributed by atoms with Gasteiger partial charge in [-0.1, -0.05) is 13.3 Å². The van der Waals surface area contributed by atoms with Crippen molar-refractivity contribution in [2.24, 2.45) is 0 Å². The van der Waals surface area contributed by atoms with Gasteiger partial charge in [-0.05, 0) is 6.54 Å². The van der Waals surface area contributed by atoms with Gasteiger partial charge < -0.3 is 11.7 Å². The number of rotatable bonds is 0. The maximum absolute atomic E-state index is 3.33. The third kappa shape index (κ3) is 2.84. The van der Waals surface area contributed by atoms with Gasteiger partial charge in [-0.25, -0.2) is 0 Å². The van der Waals surface area contributed by atoms with Crippen molar-refractivity contribution >= 4 is 0 Å². The molecule has 8 heavy (non-hydrogen) atoms. The summed E-state index contributed by atoms with van der Waals surface area (Å²) >= 11 is 0. The van der Waals surface area contributed by atoms with Gasteiger partial charge in [0.05, 0.1) is 0 Å². The van der Waals surface area contributed by atoms with Crippen molar-refractivity contribution in [3.05, 3.63) is 6.42 Å². The van der Waals surface area contributed by atoms with E-state index in [1.54, 1.807) is 0 Å². The van der Waals surface area contributed by atoms with E-state index in [-0.39, 0.29) is 21.1 Å². The fraction of sp³-hybridized carbons (Fsp3) is 0.833. The van der Waals surface area contributed by atoms with Crippen LogP contribution in [0.2, 0.25) is 0 Å². The predicted octanol–water partition coefficient (Wildman–Crippen LogP) is 0.960. The third-order valence-corrected chi connectivity index (χ3v) is 1.37. The molecular weight excluding hydrogens is 270 g/mol. The second-order valence-corrected chi connectivity index (χ2v) is 2.12. The summed E-state index contributed by atoms with van der Waals surface area (Å²) in [5.74, 6) is 0. The summed E-state index contributed by atoms with van der Waals surface area (Å²) in [4.78, 5) is 0. The average molecular weight is 282 g/mol. The molecule has 1 fully saturated rings. The van der Waals surface area contributed by atoms with Crippen molar-refractivity contribution < 1.29 is 21.1 Å². The Morgan fingerprint density at radius 1 is 1.62 bits per heavy atom. The van der Waals surface area contributed by atoms with Crippen molar-refractivity contribution in [2.75, 3.05) is 6.54 Å². The van der Waals surface area contributed by atoms with Crippen LogP contribution in [0.3, 0.4) is 0 Å². The normalized spacial score (nSPS) is 28.9. The predicted molar refractivity (Wildman–Crippen MR) is 31.0 cm³/mol. The molecule has 1 rings (SSSR count). The first-order valence-corrected chi connectivity index (χ1v) is 2.96. The third-order valence-electron chi connectivity index (χ3n) is 1.37. The Morgan fingerprint density at radius 3 is 2.62 bits per heavy atom. The SMILES string of the molecule is C[C@@H]1[CH-]CCCN1.[W]. The molecule has 0 unspecified atom stereocenters. The molecule has 1 atom stereocenters. The Balaban J connectivity index is 0.000000490. The fourth-order valence-electron chi connectivity index (χ4n) is 0.883. The molecule has 0 aliphatic carbocycles. The molecule has 1 nitrogen and oxygen atoms in total. The second kappa shape index (κ2) is 4.52. The molecule has 1 aliphatic heterocycles. The number of nitrogens with one attached hydrogen (secondary N) is 1. The van der Waals surface area contributed by atoms with E-state index in [4.69, 9.17) is 0 Å². The number of piperidine rings is 1. The molecule has 1 aliphatic rings. The molecule has 1 N–H and O–H groups in total. The van der Waals surface area contributed by atoms with E-state index in [2.05, 4.69) is 18.7 Å². The van der Waals surface area contributed by atoms with E-state index in [1.165, 1.54) is 19.4 Å². The Bertz CT molecular complexity index is 50.5. The molecule has 2 heteroatoms. The Kier molecular flexibility index (Phi) is 4.89. The monoisotopic (exact) mass is 282 g/mol. The van der Waals surface area contributed by atoms with Crippen LogP contribution in [-0.4, -0.2) is 12.6 Å². The summed E-state index contributed by atoms with van der Waals surface area (Å²) in [5.41, 5.74) is 0. The molecule has 0 saturated carbocycles. The minimum atomic E-state index is 0. The van der Waals surface area contributed by atoms with Gasteiger partial charge in [0.1, 0.15) is 0 Å². The zero-order valence-electron chi connectivity index (χ0n) is 5.18. The van der Waals surface area contributed by atoms with Crippen molar-refractivity contribution in [3.63, 3.8) is 0 Å². The van der Waals surface area contributed by atoms with Crippen LogP contribution in [0.4, 0.5) is 0 Å². The fourth-order valence-corrected chi connectivity index (χ4v) is 0.883. The van der Waals surface area contributed by atoms with Gasteiger partial charge in [-0.15, -0.1) is 6.04 Å². The van der Waals surface area contributed by atoms with E-state index in [1.807, 2.05) is 0 Å². The number of hydrogen-bond donors (Lipinski definition) is 1. The van der Waals surface area contributed by atoms with Crippen LogP contribution < -0.4 is 5.32 Å². The van der Waals surface area contributed by atoms with E-state index in [0.29, 0.717) is 6.04 Å². The summed E-state index contributed by atoms with van der Waals surface area (Å²) in [6, 6.07) is 0.661. The minimum absolute atomic E-state index is 0. The van der Waals surface area contributed by atoms with Gasteiger partial charge in [0, 0.05) is 21.1 Å². The molecule has 0 bridgehead atoms. The quantitative estimate of drug-likeness (QED) is 0.653. The van der Waals surface area contributed by atoms with Crippen LogP contribution in [0.5, 0.6) is 0 Å². The summed E-state index contributed by atoms with van der Waals surface area (Å²) in [6.07, 6.45) is 4.95. The van der Waals surface area contributed by atoms with Crippen molar-refractivity contribution in [3.8, 4) is 0 Å². The maximum Gasteiger partial charge on any atom is 0 e. The molecular formula is C6H12NW-. The molecule has 0 spiro atoms. The van der Waals surface area contributed by atoms with Gasteiger partial charge in [0.25, 0.3) is 0 Å². The van der Waals surface area contributed by atoms with Gasteiger partial charge in [-0.2, -0.15) is 6.42 Å². The van der Waals surface area contributed by atoms with Crippen LogP contribution >= 0.6 is 0 Å². The standard InChI is InChI=1S/C6H12N.W/c1-6-4-2-3-5-7-6;/h4,6-7H,2-3,5H2,1H3;/q-1;/t6-;/m1./s1. The van der Waals surface area contributed by atoms with Crippen LogP contribution in [-0.2, 0) is 21.1 Å². The molecule has 0 aromatic carbocycles. The molecule has 0 radical (unpaired) electrons. The summed E-state index contributed by atoms with van der Waals surface area (Å²) in [5, 5.41) is 3.33.